The Bertz CT molecular complexity index is 879. The second-order valence-electron chi connectivity index (χ2n) is 10.1. The molecule has 2 saturated heterocycles. The number of hydrogen-bond acceptors (Lipinski definition) is 3. The van der Waals surface area contributed by atoms with Crippen LogP contribution in [0.2, 0.25) is 0 Å². The summed E-state index contributed by atoms with van der Waals surface area (Å²) in [7, 11) is 0. The van der Waals surface area contributed by atoms with Crippen LogP contribution in [0.5, 0.6) is 0 Å². The van der Waals surface area contributed by atoms with Gasteiger partial charge in [0.2, 0.25) is 5.91 Å². The lowest BCUT2D eigenvalue weighted by molar-refractivity contribution is -0.126. The van der Waals surface area contributed by atoms with Crippen LogP contribution in [-0.2, 0) is 24.4 Å². The monoisotopic (exact) mass is 433 g/mol. The number of piperidine rings is 2. The largest absolute Gasteiger partial charge is 0.352 e. The van der Waals surface area contributed by atoms with E-state index in [0.29, 0.717) is 6.54 Å². The number of carbonyl (C=O) groups excluding carboxylic acids is 1. The minimum Gasteiger partial charge on any atom is -0.352 e. The molecular formula is C28H39N3O. The van der Waals surface area contributed by atoms with Gasteiger partial charge in [0, 0.05) is 32.7 Å². The van der Waals surface area contributed by atoms with Crippen molar-refractivity contribution in [3.63, 3.8) is 0 Å². The Hall–Kier alpha value is -2.17. The van der Waals surface area contributed by atoms with E-state index in [9.17, 15) is 4.79 Å². The second-order valence-corrected chi connectivity index (χ2v) is 10.1. The van der Waals surface area contributed by atoms with Crippen molar-refractivity contribution in [2.45, 2.75) is 59.2 Å². The molecule has 1 amide bonds. The van der Waals surface area contributed by atoms with Crippen LogP contribution < -0.4 is 5.32 Å². The van der Waals surface area contributed by atoms with Crippen molar-refractivity contribution in [2.24, 2.45) is 11.8 Å². The fourth-order valence-electron chi connectivity index (χ4n) is 5.22. The maximum atomic E-state index is 12.9. The van der Waals surface area contributed by atoms with E-state index < -0.39 is 0 Å². The van der Waals surface area contributed by atoms with E-state index in [1.54, 1.807) is 0 Å². The zero-order chi connectivity index (χ0) is 22.3. The molecule has 2 aromatic carbocycles. The molecule has 2 heterocycles. The van der Waals surface area contributed by atoms with Gasteiger partial charge < -0.3 is 5.32 Å². The lowest BCUT2D eigenvalue weighted by Crippen LogP contribution is -2.42. The molecule has 32 heavy (non-hydrogen) atoms. The third-order valence-corrected chi connectivity index (χ3v) is 7.01. The first kappa shape index (κ1) is 23.0. The molecular weight excluding hydrogens is 394 g/mol. The minimum absolute atomic E-state index is 0.0900. The van der Waals surface area contributed by atoms with Crippen LogP contribution in [0, 0.1) is 18.8 Å². The number of benzene rings is 2. The van der Waals surface area contributed by atoms with Gasteiger partial charge in [-0.15, -0.1) is 0 Å². The summed E-state index contributed by atoms with van der Waals surface area (Å²) < 4.78 is 0. The molecule has 2 unspecified atom stereocenters. The topological polar surface area (TPSA) is 35.6 Å². The number of aryl methyl sites for hydroxylation is 1. The van der Waals surface area contributed by atoms with Gasteiger partial charge in [-0.25, -0.2) is 0 Å². The Labute approximate surface area is 194 Å². The smallest absolute Gasteiger partial charge is 0.224 e. The van der Waals surface area contributed by atoms with E-state index in [2.05, 4.69) is 77.5 Å². The van der Waals surface area contributed by atoms with Gasteiger partial charge in [0.1, 0.15) is 0 Å². The average Bonchev–Trinajstić information content (AvgIpc) is 2.79. The van der Waals surface area contributed by atoms with Gasteiger partial charge in [0.05, 0.1) is 5.92 Å². The molecule has 2 aliphatic heterocycles. The molecule has 0 aromatic heterocycles. The molecule has 0 saturated carbocycles. The molecule has 0 aliphatic carbocycles. The minimum atomic E-state index is 0.0900. The second kappa shape index (κ2) is 11.1. The van der Waals surface area contributed by atoms with Crippen LogP contribution in [0.25, 0.3) is 0 Å². The molecule has 2 fully saturated rings. The van der Waals surface area contributed by atoms with Crippen LogP contribution in [-0.4, -0.2) is 41.9 Å². The van der Waals surface area contributed by atoms with Crippen molar-refractivity contribution in [2.75, 3.05) is 26.2 Å². The fraction of sp³-hybridized carbons (Fsp3) is 0.536. The summed E-state index contributed by atoms with van der Waals surface area (Å²) in [5, 5.41) is 3.22. The zero-order valence-electron chi connectivity index (χ0n) is 19.9. The highest BCUT2D eigenvalue weighted by Crippen LogP contribution is 2.20. The Morgan fingerprint density at radius 3 is 2.38 bits per heavy atom. The first-order chi connectivity index (χ1) is 15.5. The van der Waals surface area contributed by atoms with E-state index in [4.69, 9.17) is 0 Å². The fourth-order valence-corrected chi connectivity index (χ4v) is 5.22. The molecule has 0 spiro atoms. The third kappa shape index (κ3) is 6.66. The normalized spacial score (nSPS) is 22.6. The first-order valence-corrected chi connectivity index (χ1v) is 12.4. The van der Waals surface area contributed by atoms with E-state index in [1.165, 1.54) is 48.2 Å². The molecule has 4 nitrogen and oxygen atoms in total. The van der Waals surface area contributed by atoms with Gasteiger partial charge in [-0.2, -0.15) is 0 Å². The van der Waals surface area contributed by atoms with Gasteiger partial charge in [-0.1, -0.05) is 61.0 Å². The predicted molar refractivity (Wildman–Crippen MR) is 131 cm³/mol. The number of likely N-dealkylation sites (tertiary alicyclic amines) is 2. The summed E-state index contributed by atoms with van der Waals surface area (Å²) >= 11 is 0. The Kier molecular flexibility index (Phi) is 7.99. The van der Waals surface area contributed by atoms with Gasteiger partial charge in [-0.05, 0) is 68.3 Å². The molecule has 0 bridgehead atoms. The summed E-state index contributed by atoms with van der Waals surface area (Å²) in [5.41, 5.74) is 5.18. The average molecular weight is 434 g/mol. The van der Waals surface area contributed by atoms with E-state index >= 15 is 0 Å². The standard InChI is InChI=1S/C28H39N3O/c1-22-10-12-24(13-11-22)19-31-15-5-9-27(21-31)28(32)29-17-25-7-3-8-26(16-25)20-30-14-4-6-23(2)18-30/h3,7-8,10-13,16,23,27H,4-6,9,14-15,17-21H2,1-2H3,(H,29,32). The molecule has 1 N–H and O–H groups in total. The SMILES string of the molecule is Cc1ccc(CN2CCCC(C(=O)NCc3cccc(CN4CCCC(C)C4)c3)C2)cc1. The van der Waals surface area contributed by atoms with Gasteiger partial charge in [0.25, 0.3) is 0 Å². The number of nitrogens with one attached hydrogen (secondary N) is 1. The lowest BCUT2D eigenvalue weighted by atomic mass is 9.96. The first-order valence-electron chi connectivity index (χ1n) is 12.4. The van der Waals surface area contributed by atoms with Crippen LogP contribution in [0.15, 0.2) is 48.5 Å². The molecule has 4 rings (SSSR count). The number of hydrogen-bond donors (Lipinski definition) is 1. The van der Waals surface area contributed by atoms with Crippen molar-refractivity contribution in [1.82, 2.24) is 15.1 Å². The van der Waals surface area contributed by atoms with Crippen molar-refractivity contribution in [3.05, 3.63) is 70.8 Å². The number of carbonyl (C=O) groups is 1. The van der Waals surface area contributed by atoms with Gasteiger partial charge in [-0.3, -0.25) is 14.6 Å². The molecule has 2 aromatic rings. The Balaban J connectivity index is 1.26. The van der Waals surface area contributed by atoms with Crippen molar-refractivity contribution in [1.29, 1.82) is 0 Å². The van der Waals surface area contributed by atoms with E-state index in [0.717, 1.165) is 44.9 Å². The third-order valence-electron chi connectivity index (χ3n) is 7.01. The number of rotatable bonds is 7. The number of nitrogens with zero attached hydrogens (tertiary/aromatic N) is 2. The molecule has 2 aliphatic rings. The molecule has 172 valence electrons. The quantitative estimate of drug-likeness (QED) is 0.684. The summed E-state index contributed by atoms with van der Waals surface area (Å²) in [6.45, 7) is 11.4. The highest BCUT2D eigenvalue weighted by Gasteiger charge is 2.25. The number of amides is 1. The highest BCUT2D eigenvalue weighted by atomic mass is 16.1. The van der Waals surface area contributed by atoms with Gasteiger partial charge >= 0.3 is 0 Å². The van der Waals surface area contributed by atoms with Gasteiger partial charge in [0.15, 0.2) is 0 Å². The van der Waals surface area contributed by atoms with E-state index in [-0.39, 0.29) is 11.8 Å². The van der Waals surface area contributed by atoms with Crippen LogP contribution in [0.1, 0.15) is 54.9 Å². The van der Waals surface area contributed by atoms with Crippen LogP contribution in [0.4, 0.5) is 0 Å². The maximum Gasteiger partial charge on any atom is 0.224 e. The van der Waals surface area contributed by atoms with Crippen molar-refractivity contribution < 1.29 is 4.79 Å². The lowest BCUT2D eigenvalue weighted by Gasteiger charge is -2.32. The van der Waals surface area contributed by atoms with Crippen LogP contribution in [0.3, 0.4) is 0 Å². The summed E-state index contributed by atoms with van der Waals surface area (Å²) in [6, 6.07) is 17.5. The van der Waals surface area contributed by atoms with E-state index in [1.807, 2.05) is 0 Å². The Morgan fingerprint density at radius 2 is 1.59 bits per heavy atom. The van der Waals surface area contributed by atoms with Crippen LogP contribution >= 0.6 is 0 Å². The van der Waals surface area contributed by atoms with Crippen molar-refractivity contribution >= 4 is 5.91 Å². The summed E-state index contributed by atoms with van der Waals surface area (Å²) in [4.78, 5) is 17.9. The van der Waals surface area contributed by atoms with Crippen molar-refractivity contribution in [3.8, 4) is 0 Å². The highest BCUT2D eigenvalue weighted by molar-refractivity contribution is 5.79. The molecule has 0 radical (unpaired) electrons. The molecule has 2 atom stereocenters. The zero-order valence-corrected chi connectivity index (χ0v) is 19.9. The Morgan fingerprint density at radius 1 is 0.906 bits per heavy atom. The summed E-state index contributed by atoms with van der Waals surface area (Å²) in [5.74, 6) is 1.09. The maximum absolute atomic E-state index is 12.9. The molecule has 4 heteroatoms. The predicted octanol–water partition coefficient (Wildman–Crippen LogP) is 4.76. The summed E-state index contributed by atoms with van der Waals surface area (Å²) in [6.07, 6.45) is 4.74.